The van der Waals surface area contributed by atoms with Crippen LogP contribution in [-0.4, -0.2) is 59.0 Å². The number of aliphatic hydroxyl groups is 1. The number of aliphatic hydroxyl groups excluding tert-OH is 1. The van der Waals surface area contributed by atoms with Crippen molar-refractivity contribution < 1.29 is 19.5 Å². The molecule has 2 unspecified atom stereocenters. The summed E-state index contributed by atoms with van der Waals surface area (Å²) in [6.07, 6.45) is 5.30. The molecule has 3 N–H and O–H groups in total. The second kappa shape index (κ2) is 15.8. The van der Waals surface area contributed by atoms with Gasteiger partial charge in [-0.05, 0) is 36.5 Å². The number of aromatic nitrogens is 2. The molecule has 3 heterocycles. The lowest BCUT2D eigenvalue weighted by Gasteiger charge is -2.36. The van der Waals surface area contributed by atoms with E-state index in [1.807, 2.05) is 31.3 Å². The second-order valence-corrected chi connectivity index (χ2v) is 10.8. The van der Waals surface area contributed by atoms with E-state index in [1.54, 1.807) is 23.0 Å². The number of nitrogens with one attached hydrogen (secondary N) is 2. The number of hydrogen-bond donors (Lipinski definition) is 3. The van der Waals surface area contributed by atoms with Gasteiger partial charge in [0.2, 0.25) is 5.91 Å². The number of rotatable bonds is 7. The smallest absolute Gasteiger partial charge is 0.253 e. The van der Waals surface area contributed by atoms with Crippen molar-refractivity contribution in [1.29, 1.82) is 0 Å². The number of benzene rings is 1. The quantitative estimate of drug-likeness (QED) is 0.393. The summed E-state index contributed by atoms with van der Waals surface area (Å²) in [4.78, 5) is 39.1. The highest BCUT2D eigenvalue weighted by molar-refractivity contribution is 7.14. The molecule has 2 amide bonds. The van der Waals surface area contributed by atoms with Crippen LogP contribution >= 0.6 is 11.3 Å². The Morgan fingerprint density at radius 2 is 1.97 bits per heavy atom. The number of hydrogen-bond acceptors (Lipinski definition) is 7. The molecule has 1 aromatic carbocycles. The summed E-state index contributed by atoms with van der Waals surface area (Å²) >= 11 is 1.34. The Hall–Kier alpha value is -3.50. The number of piperidine rings is 1. The third kappa shape index (κ3) is 9.96. The molecular formula is C29H41N5O4S. The third-order valence-electron chi connectivity index (χ3n) is 6.44. The zero-order chi connectivity index (χ0) is 28.9. The van der Waals surface area contributed by atoms with Gasteiger partial charge in [-0.1, -0.05) is 46.2 Å². The monoisotopic (exact) mass is 555 g/mol. The van der Waals surface area contributed by atoms with Gasteiger partial charge in [-0.25, -0.2) is 4.98 Å². The molecule has 39 heavy (non-hydrogen) atoms. The van der Waals surface area contributed by atoms with Crippen LogP contribution in [0, 0.1) is 11.8 Å². The summed E-state index contributed by atoms with van der Waals surface area (Å²) in [6, 6.07) is 9.84. The number of anilines is 2. The van der Waals surface area contributed by atoms with Crippen LogP contribution in [0.4, 0.5) is 10.8 Å². The second-order valence-electron chi connectivity index (χ2n) is 9.97. The highest BCUT2D eigenvalue weighted by Gasteiger charge is 2.24. The first-order chi connectivity index (χ1) is 18.7. The molecule has 4 rings (SSSR count). The maximum Gasteiger partial charge on any atom is 0.253 e. The third-order valence-corrected chi connectivity index (χ3v) is 7.20. The van der Waals surface area contributed by atoms with Crippen molar-refractivity contribution in [1.82, 2.24) is 14.9 Å². The molecule has 0 saturated carbocycles. The largest absolute Gasteiger partial charge is 0.393 e. The van der Waals surface area contributed by atoms with Crippen molar-refractivity contribution in [3.05, 3.63) is 53.7 Å². The Kier molecular flexibility index (Phi) is 12.9. The number of amides is 2. The Bertz CT molecular complexity index is 1190. The Balaban J connectivity index is 0.000000686. The van der Waals surface area contributed by atoms with E-state index in [0.717, 1.165) is 42.4 Å². The van der Waals surface area contributed by atoms with E-state index in [2.05, 4.69) is 60.3 Å². The molecule has 0 spiro atoms. The van der Waals surface area contributed by atoms with Gasteiger partial charge >= 0.3 is 0 Å². The van der Waals surface area contributed by atoms with Gasteiger partial charge in [-0.15, -0.1) is 11.3 Å². The SMILES string of the molecule is C=O.CC1CN(c2cccc(-c3csc(NC(=O)CNC(=O)c4ccn(C)c4)n3)c2)CCC1O.CCC(C)C. The number of nitrogens with zero attached hydrogens (tertiary/aromatic N) is 3. The Morgan fingerprint density at radius 1 is 1.26 bits per heavy atom. The molecule has 0 aliphatic carbocycles. The molecule has 212 valence electrons. The minimum atomic E-state index is -0.329. The minimum Gasteiger partial charge on any atom is -0.393 e. The van der Waals surface area contributed by atoms with Crippen LogP contribution in [0.25, 0.3) is 11.3 Å². The Labute approximate surface area is 235 Å². The molecule has 1 aliphatic heterocycles. The van der Waals surface area contributed by atoms with Crippen LogP contribution in [0.1, 0.15) is 50.9 Å². The first-order valence-corrected chi connectivity index (χ1v) is 14.0. The number of carbonyl (C=O) groups is 3. The van der Waals surface area contributed by atoms with Crippen LogP contribution in [-0.2, 0) is 16.6 Å². The first-order valence-electron chi connectivity index (χ1n) is 13.1. The summed E-state index contributed by atoms with van der Waals surface area (Å²) in [5.74, 6) is 0.493. The van der Waals surface area contributed by atoms with Gasteiger partial charge in [0.05, 0.1) is 23.9 Å². The fourth-order valence-electron chi connectivity index (χ4n) is 3.76. The lowest BCUT2D eigenvalue weighted by atomic mass is 9.96. The van der Waals surface area contributed by atoms with Crippen molar-refractivity contribution in [3.63, 3.8) is 0 Å². The van der Waals surface area contributed by atoms with Gasteiger partial charge in [0.25, 0.3) is 5.91 Å². The zero-order valence-electron chi connectivity index (χ0n) is 23.5. The molecule has 10 heteroatoms. The number of aryl methyl sites for hydroxylation is 1. The average molecular weight is 556 g/mol. The fourth-order valence-corrected chi connectivity index (χ4v) is 4.49. The van der Waals surface area contributed by atoms with Crippen molar-refractivity contribution in [3.8, 4) is 11.3 Å². The van der Waals surface area contributed by atoms with E-state index in [4.69, 9.17) is 4.79 Å². The molecule has 3 aromatic rings. The van der Waals surface area contributed by atoms with Gasteiger partial charge < -0.3 is 30.0 Å². The summed E-state index contributed by atoms with van der Waals surface area (Å²) in [6.45, 7) is 12.2. The van der Waals surface area contributed by atoms with Crippen LogP contribution in [0.15, 0.2) is 48.1 Å². The van der Waals surface area contributed by atoms with Gasteiger partial charge in [-0.3, -0.25) is 9.59 Å². The van der Waals surface area contributed by atoms with Crippen LogP contribution in [0.5, 0.6) is 0 Å². The average Bonchev–Trinajstić information content (AvgIpc) is 3.59. The minimum absolute atomic E-state index is 0.128. The highest BCUT2D eigenvalue weighted by Crippen LogP contribution is 2.30. The highest BCUT2D eigenvalue weighted by atomic mass is 32.1. The maximum atomic E-state index is 12.2. The van der Waals surface area contributed by atoms with E-state index in [-0.39, 0.29) is 30.4 Å². The van der Waals surface area contributed by atoms with E-state index >= 15 is 0 Å². The molecule has 0 bridgehead atoms. The molecular weight excluding hydrogens is 514 g/mol. The molecule has 2 atom stereocenters. The van der Waals surface area contributed by atoms with E-state index < -0.39 is 0 Å². The molecule has 1 aliphatic rings. The van der Waals surface area contributed by atoms with Crippen molar-refractivity contribution in [2.45, 2.75) is 46.6 Å². The summed E-state index contributed by atoms with van der Waals surface area (Å²) in [5.41, 5.74) is 3.36. The molecule has 9 nitrogen and oxygen atoms in total. The number of carbonyl (C=O) groups excluding carboxylic acids is 3. The number of thiazole rings is 1. The zero-order valence-corrected chi connectivity index (χ0v) is 24.3. The van der Waals surface area contributed by atoms with Gasteiger partial charge in [0, 0.05) is 49.2 Å². The van der Waals surface area contributed by atoms with E-state index in [1.165, 1.54) is 17.8 Å². The van der Waals surface area contributed by atoms with E-state index in [9.17, 15) is 14.7 Å². The maximum absolute atomic E-state index is 12.2. The predicted octanol–water partition coefficient (Wildman–Crippen LogP) is 4.59. The topological polar surface area (TPSA) is 117 Å². The molecule has 1 saturated heterocycles. The fraction of sp³-hybridized carbons (Fsp3) is 0.448. The van der Waals surface area contributed by atoms with Crippen LogP contribution < -0.4 is 15.5 Å². The van der Waals surface area contributed by atoms with Crippen molar-refractivity contribution in [2.24, 2.45) is 18.9 Å². The van der Waals surface area contributed by atoms with Gasteiger partial charge in [0.1, 0.15) is 6.79 Å². The van der Waals surface area contributed by atoms with Crippen LogP contribution in [0.2, 0.25) is 0 Å². The van der Waals surface area contributed by atoms with Crippen molar-refractivity contribution in [2.75, 3.05) is 29.9 Å². The predicted molar refractivity (Wildman–Crippen MR) is 158 cm³/mol. The molecule has 2 aromatic heterocycles. The lowest BCUT2D eigenvalue weighted by Crippen LogP contribution is -2.41. The van der Waals surface area contributed by atoms with Gasteiger partial charge in [-0.2, -0.15) is 0 Å². The summed E-state index contributed by atoms with van der Waals surface area (Å²) < 4.78 is 1.77. The standard InChI is InChI=1S/C23H27N5O3S.C5H12.CH2O/c1-15-12-28(9-7-20(15)29)18-5-3-4-16(10-18)19-14-32-23(25-19)26-21(30)11-24-22(31)17-6-8-27(2)13-17;1-4-5(2)3;1-2/h3-6,8,10,13-15,20,29H,7,9,11-12H2,1-2H3,(H,24,31)(H,25,26,30);5H,4H2,1-3H3;1H2. The van der Waals surface area contributed by atoms with Crippen molar-refractivity contribution >= 4 is 40.8 Å². The van der Waals surface area contributed by atoms with Crippen LogP contribution in [0.3, 0.4) is 0 Å². The Morgan fingerprint density at radius 3 is 2.59 bits per heavy atom. The van der Waals surface area contributed by atoms with Gasteiger partial charge in [0.15, 0.2) is 5.13 Å². The normalized spacial score (nSPS) is 16.4. The van der Waals surface area contributed by atoms with E-state index in [0.29, 0.717) is 10.7 Å². The molecule has 1 fully saturated rings. The lowest BCUT2D eigenvalue weighted by molar-refractivity contribution is -0.115. The first kappa shape index (κ1) is 31.7. The summed E-state index contributed by atoms with van der Waals surface area (Å²) in [7, 11) is 1.83. The molecule has 0 radical (unpaired) electrons. The summed E-state index contributed by atoms with van der Waals surface area (Å²) in [5, 5.41) is 17.7.